The molecule has 1 amide bonds. The van der Waals surface area contributed by atoms with E-state index in [0.29, 0.717) is 5.02 Å². The molecule has 1 aliphatic rings. The lowest BCUT2D eigenvalue weighted by atomic mass is 10.2. The average molecular weight is 273 g/mol. The molecule has 0 aromatic carbocycles. The second-order valence-corrected chi connectivity index (χ2v) is 4.55. The van der Waals surface area contributed by atoms with Gasteiger partial charge < -0.3 is 19.7 Å². The van der Waals surface area contributed by atoms with E-state index in [0.717, 1.165) is 0 Å². The van der Waals surface area contributed by atoms with Crippen molar-refractivity contribution >= 4 is 23.5 Å². The van der Waals surface area contributed by atoms with E-state index in [1.54, 1.807) is 0 Å². The summed E-state index contributed by atoms with van der Waals surface area (Å²) in [6, 6.07) is 0.725. The van der Waals surface area contributed by atoms with Gasteiger partial charge in [0.25, 0.3) is 5.91 Å². The number of aromatic nitrogens is 1. The number of methoxy groups -OCH3 is 1. The van der Waals surface area contributed by atoms with Crippen LogP contribution in [0.25, 0.3) is 0 Å². The highest BCUT2D eigenvalue weighted by Crippen LogP contribution is 2.22. The van der Waals surface area contributed by atoms with Crippen LogP contribution in [0.5, 0.6) is 0 Å². The van der Waals surface area contributed by atoms with Gasteiger partial charge in [-0.1, -0.05) is 11.6 Å². The first-order valence-corrected chi connectivity index (χ1v) is 5.81. The number of carbonyl (C=O) groups is 2. The van der Waals surface area contributed by atoms with E-state index in [4.69, 9.17) is 11.6 Å². The molecule has 6 nitrogen and oxygen atoms in total. The predicted octanol–water partition coefficient (Wildman–Crippen LogP) is 0.416. The minimum Gasteiger partial charge on any atom is -0.467 e. The Morgan fingerprint density at radius 2 is 2.33 bits per heavy atom. The first kappa shape index (κ1) is 12.9. The fourth-order valence-corrected chi connectivity index (χ4v) is 2.21. The monoisotopic (exact) mass is 272 g/mol. The number of carbonyl (C=O) groups excluding carboxylic acids is 2. The van der Waals surface area contributed by atoms with E-state index in [-0.39, 0.29) is 24.6 Å². The number of aromatic amines is 1. The highest BCUT2D eigenvalue weighted by molar-refractivity contribution is 6.31. The summed E-state index contributed by atoms with van der Waals surface area (Å²) in [5.41, 5.74) is 0.281. The van der Waals surface area contributed by atoms with E-state index < -0.39 is 18.1 Å². The molecular formula is C11H13ClN2O4. The van der Waals surface area contributed by atoms with Crippen LogP contribution in [-0.4, -0.2) is 52.7 Å². The summed E-state index contributed by atoms with van der Waals surface area (Å²) >= 11 is 5.72. The molecule has 0 radical (unpaired) electrons. The molecule has 1 aromatic rings. The van der Waals surface area contributed by atoms with Crippen molar-refractivity contribution in [3.63, 3.8) is 0 Å². The van der Waals surface area contributed by atoms with Crippen molar-refractivity contribution in [2.75, 3.05) is 13.7 Å². The second kappa shape index (κ2) is 4.99. The number of nitrogens with zero attached hydrogens (tertiary/aromatic N) is 1. The summed E-state index contributed by atoms with van der Waals surface area (Å²) in [7, 11) is 1.25. The summed E-state index contributed by atoms with van der Waals surface area (Å²) in [5.74, 6) is -0.911. The van der Waals surface area contributed by atoms with E-state index in [2.05, 4.69) is 9.72 Å². The maximum Gasteiger partial charge on any atom is 0.328 e. The molecule has 2 heterocycles. The largest absolute Gasteiger partial charge is 0.467 e. The van der Waals surface area contributed by atoms with Crippen molar-refractivity contribution in [2.45, 2.75) is 18.6 Å². The van der Waals surface area contributed by atoms with Crippen LogP contribution in [0.1, 0.15) is 16.9 Å². The number of esters is 1. The lowest BCUT2D eigenvalue weighted by Gasteiger charge is -2.21. The number of H-pyrrole nitrogens is 1. The number of hydrogen-bond acceptors (Lipinski definition) is 4. The Kier molecular flexibility index (Phi) is 3.58. The molecule has 2 N–H and O–H groups in total. The van der Waals surface area contributed by atoms with Crippen molar-refractivity contribution in [1.82, 2.24) is 9.88 Å². The number of halogens is 1. The van der Waals surface area contributed by atoms with Gasteiger partial charge in [-0.3, -0.25) is 4.79 Å². The lowest BCUT2D eigenvalue weighted by Crippen LogP contribution is -2.41. The van der Waals surface area contributed by atoms with Crippen molar-refractivity contribution < 1.29 is 19.4 Å². The van der Waals surface area contributed by atoms with E-state index in [1.807, 2.05) is 0 Å². The number of aliphatic hydroxyl groups is 1. The van der Waals surface area contributed by atoms with Gasteiger partial charge in [-0.15, -0.1) is 0 Å². The number of aliphatic hydroxyl groups excluding tert-OH is 1. The predicted molar refractivity (Wildman–Crippen MR) is 63.3 cm³/mol. The number of β-amino-alcohol motifs (C(OH)–C–C–N with tert-alkyl or cyclic N) is 1. The van der Waals surface area contributed by atoms with E-state index in [1.165, 1.54) is 24.3 Å². The molecule has 1 saturated heterocycles. The van der Waals surface area contributed by atoms with Gasteiger partial charge in [-0.05, 0) is 6.07 Å². The van der Waals surface area contributed by atoms with Crippen molar-refractivity contribution in [3.8, 4) is 0 Å². The zero-order valence-electron chi connectivity index (χ0n) is 9.72. The summed E-state index contributed by atoms with van der Waals surface area (Å²) < 4.78 is 4.62. The Labute approximate surface area is 108 Å². The molecule has 2 unspecified atom stereocenters. The number of ether oxygens (including phenoxy) is 1. The third kappa shape index (κ3) is 2.34. The molecule has 1 aromatic heterocycles. The Balaban J connectivity index is 2.20. The average Bonchev–Trinajstić information content (AvgIpc) is 2.93. The maximum absolute atomic E-state index is 12.2. The number of likely N-dealkylation sites (tertiary alicyclic amines) is 1. The van der Waals surface area contributed by atoms with Crippen molar-refractivity contribution in [2.24, 2.45) is 0 Å². The van der Waals surface area contributed by atoms with Crippen LogP contribution in [0.3, 0.4) is 0 Å². The smallest absolute Gasteiger partial charge is 0.328 e. The SMILES string of the molecule is COC(=O)C1CC(O)CN1C(=O)c1cc(Cl)c[nH]1. The Morgan fingerprint density at radius 1 is 1.61 bits per heavy atom. The summed E-state index contributed by atoms with van der Waals surface area (Å²) in [4.78, 5) is 27.7. The Bertz CT molecular complexity index is 473. The van der Waals surface area contributed by atoms with Crippen LogP contribution in [0.4, 0.5) is 0 Å². The highest BCUT2D eigenvalue weighted by Gasteiger charge is 2.40. The van der Waals surface area contributed by atoms with Gasteiger partial charge in [0, 0.05) is 19.2 Å². The first-order valence-electron chi connectivity index (χ1n) is 5.43. The maximum atomic E-state index is 12.2. The van der Waals surface area contributed by atoms with Gasteiger partial charge in [0.05, 0.1) is 18.2 Å². The molecule has 7 heteroatoms. The number of nitrogens with one attached hydrogen (secondary N) is 1. The molecule has 2 atom stereocenters. The number of rotatable bonds is 2. The topological polar surface area (TPSA) is 82.6 Å². The standard InChI is InChI=1S/C11H13ClN2O4/c1-18-11(17)9-3-7(15)5-14(9)10(16)8-2-6(12)4-13-8/h2,4,7,9,13,15H,3,5H2,1H3. The third-order valence-electron chi connectivity index (χ3n) is 2.89. The lowest BCUT2D eigenvalue weighted by molar-refractivity contribution is -0.145. The van der Waals surface area contributed by atoms with Crippen LogP contribution in [0.2, 0.25) is 5.02 Å². The second-order valence-electron chi connectivity index (χ2n) is 4.12. The van der Waals surface area contributed by atoms with Gasteiger partial charge in [0.2, 0.25) is 0 Å². The molecule has 1 fully saturated rings. The van der Waals surface area contributed by atoms with E-state index in [9.17, 15) is 14.7 Å². The molecule has 0 bridgehead atoms. The third-order valence-corrected chi connectivity index (χ3v) is 3.11. The fraction of sp³-hybridized carbons (Fsp3) is 0.455. The van der Waals surface area contributed by atoms with Gasteiger partial charge in [-0.25, -0.2) is 4.79 Å². The molecular weight excluding hydrogens is 260 g/mol. The minimum absolute atomic E-state index is 0.106. The first-order chi connectivity index (χ1) is 8.52. The zero-order valence-corrected chi connectivity index (χ0v) is 10.5. The zero-order chi connectivity index (χ0) is 13.3. The van der Waals surface area contributed by atoms with Crippen LogP contribution in [0.15, 0.2) is 12.3 Å². The van der Waals surface area contributed by atoms with Crippen molar-refractivity contribution in [3.05, 3.63) is 23.0 Å². The van der Waals surface area contributed by atoms with Gasteiger partial charge in [0.1, 0.15) is 11.7 Å². The highest BCUT2D eigenvalue weighted by atomic mass is 35.5. The minimum atomic E-state index is -0.750. The van der Waals surface area contributed by atoms with Crippen LogP contribution in [-0.2, 0) is 9.53 Å². The van der Waals surface area contributed by atoms with Gasteiger partial charge in [0.15, 0.2) is 0 Å². The summed E-state index contributed by atoms with van der Waals surface area (Å²) in [6.07, 6.45) is 0.949. The number of hydrogen-bond donors (Lipinski definition) is 2. The molecule has 0 spiro atoms. The molecule has 98 valence electrons. The summed E-state index contributed by atoms with van der Waals surface area (Å²) in [6.45, 7) is 0.106. The Morgan fingerprint density at radius 3 is 2.89 bits per heavy atom. The van der Waals surface area contributed by atoms with E-state index >= 15 is 0 Å². The molecule has 2 rings (SSSR count). The Hall–Kier alpha value is -1.53. The van der Waals surface area contributed by atoms with Crippen LogP contribution in [0, 0.1) is 0 Å². The number of amides is 1. The van der Waals surface area contributed by atoms with Gasteiger partial charge in [-0.2, -0.15) is 0 Å². The van der Waals surface area contributed by atoms with Crippen LogP contribution < -0.4 is 0 Å². The molecule has 18 heavy (non-hydrogen) atoms. The summed E-state index contributed by atoms with van der Waals surface area (Å²) in [5, 5.41) is 9.99. The fourth-order valence-electron chi connectivity index (χ4n) is 2.04. The van der Waals surface area contributed by atoms with Crippen molar-refractivity contribution in [1.29, 1.82) is 0 Å². The normalized spacial score (nSPS) is 23.2. The van der Waals surface area contributed by atoms with Crippen LogP contribution >= 0.6 is 11.6 Å². The molecule has 0 saturated carbocycles. The molecule has 0 aliphatic carbocycles. The van der Waals surface area contributed by atoms with Gasteiger partial charge >= 0.3 is 5.97 Å². The molecule has 1 aliphatic heterocycles. The quantitative estimate of drug-likeness (QED) is 0.764.